The zero-order valence-electron chi connectivity index (χ0n) is 13.2. The number of benzene rings is 1. The van der Waals surface area contributed by atoms with Crippen molar-refractivity contribution in [2.24, 2.45) is 0 Å². The highest BCUT2D eigenvalue weighted by atomic mass is 16.2. The van der Waals surface area contributed by atoms with E-state index in [4.69, 9.17) is 5.73 Å². The molecule has 0 radical (unpaired) electrons. The normalized spacial score (nSPS) is 17.7. The zero-order chi connectivity index (χ0) is 15.5. The Morgan fingerprint density at radius 3 is 2.24 bits per heavy atom. The van der Waals surface area contributed by atoms with Gasteiger partial charge in [0.2, 0.25) is 5.91 Å². The number of anilines is 2. The summed E-state index contributed by atoms with van der Waals surface area (Å²) >= 11 is 0. The quantitative estimate of drug-likeness (QED) is 0.831. The number of hydrogen-bond acceptors (Lipinski definition) is 4. The fourth-order valence-corrected chi connectivity index (χ4v) is 2.55. The van der Waals surface area contributed by atoms with E-state index in [9.17, 15) is 4.79 Å². The Labute approximate surface area is 127 Å². The van der Waals surface area contributed by atoms with E-state index in [0.29, 0.717) is 12.2 Å². The molecule has 0 saturated carbocycles. The molecule has 0 spiro atoms. The molecule has 0 aromatic heterocycles. The van der Waals surface area contributed by atoms with Gasteiger partial charge in [-0.1, -0.05) is 0 Å². The molecular weight excluding hydrogens is 264 g/mol. The minimum atomic E-state index is 0.0315. The predicted molar refractivity (Wildman–Crippen MR) is 87.3 cm³/mol. The Balaban J connectivity index is 1.78. The van der Waals surface area contributed by atoms with E-state index < -0.39 is 0 Å². The minimum Gasteiger partial charge on any atom is -0.399 e. The van der Waals surface area contributed by atoms with Crippen molar-refractivity contribution in [1.29, 1.82) is 0 Å². The lowest BCUT2D eigenvalue weighted by Crippen LogP contribution is -2.54. The lowest BCUT2D eigenvalue weighted by Gasteiger charge is -2.42. The maximum atomic E-state index is 12.0. The fourth-order valence-electron chi connectivity index (χ4n) is 2.55. The lowest BCUT2D eigenvalue weighted by atomic mass is 10.1. The van der Waals surface area contributed by atoms with Gasteiger partial charge in [0.05, 0.1) is 6.54 Å². The molecule has 3 N–H and O–H groups in total. The molecule has 1 saturated heterocycles. The molecule has 0 atom stereocenters. The summed E-state index contributed by atoms with van der Waals surface area (Å²) < 4.78 is 0. The molecule has 0 bridgehead atoms. The SMILES string of the molecule is CC(C)(C)N1CCN(CC(=O)Nc2ccc(N)cc2)CC1. The van der Waals surface area contributed by atoms with E-state index in [2.05, 4.69) is 35.9 Å². The number of nitrogens with two attached hydrogens (primary N) is 1. The maximum absolute atomic E-state index is 12.0. The number of amides is 1. The Morgan fingerprint density at radius 1 is 1.14 bits per heavy atom. The molecule has 0 unspecified atom stereocenters. The number of nitrogens with one attached hydrogen (secondary N) is 1. The van der Waals surface area contributed by atoms with Gasteiger partial charge >= 0.3 is 0 Å². The summed E-state index contributed by atoms with van der Waals surface area (Å²) in [5.74, 6) is 0.0315. The highest BCUT2D eigenvalue weighted by Gasteiger charge is 2.26. The average Bonchev–Trinajstić information content (AvgIpc) is 2.41. The fraction of sp³-hybridized carbons (Fsp3) is 0.562. The summed E-state index contributed by atoms with van der Waals surface area (Å²) in [5.41, 5.74) is 7.33. The van der Waals surface area contributed by atoms with Crippen LogP contribution in [0, 0.1) is 0 Å². The van der Waals surface area contributed by atoms with E-state index in [1.54, 1.807) is 12.1 Å². The Kier molecular flexibility index (Phi) is 4.85. The molecule has 1 aliphatic rings. The number of carbonyl (C=O) groups excluding carboxylic acids is 1. The molecule has 21 heavy (non-hydrogen) atoms. The van der Waals surface area contributed by atoms with Gasteiger partial charge < -0.3 is 11.1 Å². The van der Waals surface area contributed by atoms with Crippen molar-refractivity contribution >= 4 is 17.3 Å². The van der Waals surface area contributed by atoms with Crippen LogP contribution >= 0.6 is 0 Å². The summed E-state index contributed by atoms with van der Waals surface area (Å²) in [4.78, 5) is 16.7. The van der Waals surface area contributed by atoms with Gasteiger partial charge in [0.1, 0.15) is 0 Å². The van der Waals surface area contributed by atoms with Crippen LogP contribution in [-0.4, -0.2) is 54.0 Å². The highest BCUT2D eigenvalue weighted by Crippen LogP contribution is 2.16. The van der Waals surface area contributed by atoms with Crippen LogP contribution in [0.1, 0.15) is 20.8 Å². The zero-order valence-corrected chi connectivity index (χ0v) is 13.2. The number of carbonyl (C=O) groups is 1. The monoisotopic (exact) mass is 290 g/mol. The van der Waals surface area contributed by atoms with Gasteiger partial charge in [-0.3, -0.25) is 14.6 Å². The van der Waals surface area contributed by atoms with Gasteiger partial charge in [0.15, 0.2) is 0 Å². The minimum absolute atomic E-state index is 0.0315. The van der Waals surface area contributed by atoms with Crippen molar-refractivity contribution in [2.45, 2.75) is 26.3 Å². The largest absolute Gasteiger partial charge is 0.399 e. The molecule has 1 heterocycles. The van der Waals surface area contributed by atoms with Crippen molar-refractivity contribution in [1.82, 2.24) is 9.80 Å². The first-order valence-corrected chi connectivity index (χ1v) is 7.47. The maximum Gasteiger partial charge on any atom is 0.238 e. The Bertz CT molecular complexity index is 470. The van der Waals surface area contributed by atoms with Crippen molar-refractivity contribution in [3.05, 3.63) is 24.3 Å². The Morgan fingerprint density at radius 2 is 1.71 bits per heavy atom. The number of nitrogen functional groups attached to an aromatic ring is 1. The highest BCUT2D eigenvalue weighted by molar-refractivity contribution is 5.92. The molecule has 1 fully saturated rings. The second-order valence-corrected chi connectivity index (χ2v) is 6.60. The second kappa shape index (κ2) is 6.45. The summed E-state index contributed by atoms with van der Waals surface area (Å²) in [6.45, 7) is 11.0. The van der Waals surface area contributed by atoms with Gasteiger partial charge in [-0.25, -0.2) is 0 Å². The third-order valence-electron chi connectivity index (χ3n) is 3.88. The first kappa shape index (κ1) is 15.8. The summed E-state index contributed by atoms with van der Waals surface area (Å²) in [6.07, 6.45) is 0. The second-order valence-electron chi connectivity index (χ2n) is 6.60. The van der Waals surface area contributed by atoms with Crippen molar-refractivity contribution in [3.63, 3.8) is 0 Å². The number of hydrogen-bond donors (Lipinski definition) is 2. The van der Waals surface area contributed by atoms with Crippen LogP contribution in [0.2, 0.25) is 0 Å². The van der Waals surface area contributed by atoms with Crippen LogP contribution in [0.3, 0.4) is 0 Å². The smallest absolute Gasteiger partial charge is 0.238 e. The van der Waals surface area contributed by atoms with Gasteiger partial charge in [0, 0.05) is 43.1 Å². The predicted octanol–water partition coefficient (Wildman–Crippen LogP) is 1.62. The molecule has 5 heteroatoms. The van der Waals surface area contributed by atoms with Gasteiger partial charge in [0.25, 0.3) is 0 Å². The molecule has 2 rings (SSSR count). The summed E-state index contributed by atoms with van der Waals surface area (Å²) in [6, 6.07) is 7.23. The van der Waals surface area contributed by atoms with Crippen LogP contribution in [-0.2, 0) is 4.79 Å². The average molecular weight is 290 g/mol. The molecule has 1 aromatic carbocycles. The molecule has 1 aliphatic heterocycles. The third-order valence-corrected chi connectivity index (χ3v) is 3.88. The van der Waals surface area contributed by atoms with Crippen molar-refractivity contribution in [3.8, 4) is 0 Å². The number of piperazine rings is 1. The van der Waals surface area contributed by atoms with Crippen LogP contribution in [0.15, 0.2) is 24.3 Å². The van der Waals surface area contributed by atoms with Crippen molar-refractivity contribution in [2.75, 3.05) is 43.8 Å². The van der Waals surface area contributed by atoms with Crippen molar-refractivity contribution < 1.29 is 4.79 Å². The molecule has 0 aliphatic carbocycles. The lowest BCUT2D eigenvalue weighted by molar-refractivity contribution is -0.117. The van der Waals surface area contributed by atoms with Crippen LogP contribution in [0.25, 0.3) is 0 Å². The number of nitrogens with zero attached hydrogens (tertiary/aromatic N) is 2. The molecule has 1 aromatic rings. The van der Waals surface area contributed by atoms with E-state index >= 15 is 0 Å². The summed E-state index contributed by atoms with van der Waals surface area (Å²) in [5, 5.41) is 2.91. The Hall–Kier alpha value is -1.59. The van der Waals surface area contributed by atoms with Gasteiger partial charge in [-0.15, -0.1) is 0 Å². The molecule has 116 valence electrons. The van der Waals surface area contributed by atoms with E-state index in [1.807, 2.05) is 12.1 Å². The van der Waals surface area contributed by atoms with Gasteiger partial charge in [-0.05, 0) is 45.0 Å². The topological polar surface area (TPSA) is 61.6 Å². The van der Waals surface area contributed by atoms with Crippen LogP contribution < -0.4 is 11.1 Å². The van der Waals surface area contributed by atoms with E-state index in [-0.39, 0.29) is 11.4 Å². The molecule has 1 amide bonds. The van der Waals surface area contributed by atoms with E-state index in [1.165, 1.54) is 0 Å². The summed E-state index contributed by atoms with van der Waals surface area (Å²) in [7, 11) is 0. The first-order valence-electron chi connectivity index (χ1n) is 7.47. The number of rotatable bonds is 3. The standard InChI is InChI=1S/C16H26N4O/c1-16(2,3)20-10-8-19(9-11-20)12-15(21)18-14-6-4-13(17)5-7-14/h4-7H,8-12,17H2,1-3H3,(H,18,21). The van der Waals surface area contributed by atoms with Crippen LogP contribution in [0.4, 0.5) is 11.4 Å². The third kappa shape index (κ3) is 4.72. The van der Waals surface area contributed by atoms with Crippen LogP contribution in [0.5, 0.6) is 0 Å². The molecular formula is C16H26N4O. The van der Waals surface area contributed by atoms with Gasteiger partial charge in [-0.2, -0.15) is 0 Å². The van der Waals surface area contributed by atoms with E-state index in [0.717, 1.165) is 31.9 Å². The molecule has 5 nitrogen and oxygen atoms in total. The first-order chi connectivity index (χ1) is 9.84.